The van der Waals surface area contributed by atoms with Crippen molar-refractivity contribution < 1.29 is 0 Å². The molecular weight excluding hydrogens is 214 g/mol. The van der Waals surface area contributed by atoms with E-state index in [0.29, 0.717) is 0 Å². The molecule has 16 heavy (non-hydrogen) atoms. The smallest absolute Gasteiger partial charge is 0.0586 e. The van der Waals surface area contributed by atoms with E-state index in [1.807, 2.05) is 0 Å². The summed E-state index contributed by atoms with van der Waals surface area (Å²) < 4.78 is 0. The first-order valence-electron chi connectivity index (χ1n) is 6.89. The highest BCUT2D eigenvalue weighted by Gasteiger charge is 2.43. The molecule has 1 aliphatic heterocycles. The second-order valence-electron chi connectivity index (χ2n) is 6.01. The quantitative estimate of drug-likeness (QED) is 0.685. The number of likely N-dealkylation sites (tertiary alicyclic amines) is 1. The zero-order valence-corrected chi connectivity index (χ0v) is 12.6. The number of hydrogen-bond acceptors (Lipinski definition) is 2. The van der Waals surface area contributed by atoms with Crippen LogP contribution in [0, 0.1) is 11.8 Å². The SMILES string of the molecule is CCCC(C)CC1C(CC)CN1C(C)(C)S. The lowest BCUT2D eigenvalue weighted by Gasteiger charge is -2.55. The Morgan fingerprint density at radius 2 is 2.00 bits per heavy atom. The Bertz CT molecular complexity index is 209. The maximum atomic E-state index is 4.72. The van der Waals surface area contributed by atoms with Gasteiger partial charge in [0.15, 0.2) is 0 Å². The molecule has 1 rings (SSSR count). The van der Waals surface area contributed by atoms with Crippen molar-refractivity contribution in [1.82, 2.24) is 4.90 Å². The fourth-order valence-electron chi connectivity index (χ4n) is 3.00. The fourth-order valence-corrected chi connectivity index (χ4v) is 3.23. The van der Waals surface area contributed by atoms with Gasteiger partial charge in [-0.05, 0) is 32.1 Å². The molecule has 0 aromatic carbocycles. The highest BCUT2D eigenvalue weighted by Crippen LogP contribution is 2.39. The first kappa shape index (κ1) is 14.4. The van der Waals surface area contributed by atoms with Crippen molar-refractivity contribution in [1.29, 1.82) is 0 Å². The molecule has 96 valence electrons. The van der Waals surface area contributed by atoms with Gasteiger partial charge in [-0.25, -0.2) is 0 Å². The number of hydrogen-bond donors (Lipinski definition) is 1. The van der Waals surface area contributed by atoms with E-state index in [1.54, 1.807) is 0 Å². The van der Waals surface area contributed by atoms with E-state index < -0.39 is 0 Å². The molecule has 1 heterocycles. The van der Waals surface area contributed by atoms with Crippen LogP contribution in [0.15, 0.2) is 0 Å². The Balaban J connectivity index is 2.52. The molecule has 0 amide bonds. The maximum Gasteiger partial charge on any atom is 0.0586 e. The second kappa shape index (κ2) is 5.77. The molecule has 0 saturated carbocycles. The molecule has 1 aliphatic rings. The van der Waals surface area contributed by atoms with Gasteiger partial charge in [0.05, 0.1) is 4.87 Å². The molecule has 2 heteroatoms. The van der Waals surface area contributed by atoms with Crippen LogP contribution in [0.1, 0.15) is 60.3 Å². The molecule has 3 atom stereocenters. The van der Waals surface area contributed by atoms with E-state index in [0.717, 1.165) is 17.9 Å². The number of nitrogens with zero attached hydrogens (tertiary/aromatic N) is 1. The Morgan fingerprint density at radius 1 is 1.38 bits per heavy atom. The van der Waals surface area contributed by atoms with Crippen LogP contribution in [-0.4, -0.2) is 22.4 Å². The molecule has 0 spiro atoms. The summed E-state index contributed by atoms with van der Waals surface area (Å²) in [6, 6.07) is 0.777. The van der Waals surface area contributed by atoms with Gasteiger partial charge in [0.25, 0.3) is 0 Å². The van der Waals surface area contributed by atoms with Crippen LogP contribution in [0.5, 0.6) is 0 Å². The van der Waals surface area contributed by atoms with Crippen molar-refractivity contribution in [2.75, 3.05) is 6.54 Å². The summed E-state index contributed by atoms with van der Waals surface area (Å²) >= 11 is 4.72. The minimum absolute atomic E-state index is 0.0578. The predicted octanol–water partition coefficient (Wildman–Crippen LogP) is 4.19. The number of thiol groups is 1. The lowest BCUT2D eigenvalue weighted by molar-refractivity contribution is -0.0377. The second-order valence-corrected chi connectivity index (χ2v) is 7.11. The van der Waals surface area contributed by atoms with Gasteiger partial charge in [-0.3, -0.25) is 4.90 Å². The summed E-state index contributed by atoms with van der Waals surface area (Å²) in [5.41, 5.74) is 0. The van der Waals surface area contributed by atoms with Crippen molar-refractivity contribution in [2.45, 2.75) is 71.2 Å². The molecular formula is C14H29NS. The number of rotatable bonds is 6. The Kier molecular flexibility index (Phi) is 5.18. The van der Waals surface area contributed by atoms with Gasteiger partial charge < -0.3 is 0 Å². The normalized spacial score (nSPS) is 28.9. The average Bonchev–Trinajstić information content (AvgIpc) is 2.11. The highest BCUT2D eigenvalue weighted by molar-refractivity contribution is 7.81. The Hall–Kier alpha value is 0.310. The molecule has 3 unspecified atom stereocenters. The van der Waals surface area contributed by atoms with E-state index >= 15 is 0 Å². The summed E-state index contributed by atoms with van der Waals surface area (Å²) in [7, 11) is 0. The first-order valence-corrected chi connectivity index (χ1v) is 7.33. The first-order chi connectivity index (χ1) is 7.40. The van der Waals surface area contributed by atoms with Gasteiger partial charge in [-0.15, -0.1) is 0 Å². The molecule has 0 radical (unpaired) electrons. The molecule has 1 saturated heterocycles. The van der Waals surface area contributed by atoms with Gasteiger partial charge in [-0.2, -0.15) is 12.6 Å². The Labute approximate surface area is 107 Å². The molecule has 0 aromatic heterocycles. The van der Waals surface area contributed by atoms with E-state index in [1.165, 1.54) is 32.2 Å². The summed E-state index contributed by atoms with van der Waals surface area (Å²) in [5.74, 6) is 1.77. The monoisotopic (exact) mass is 243 g/mol. The molecule has 0 aliphatic carbocycles. The van der Waals surface area contributed by atoms with Crippen molar-refractivity contribution in [3.8, 4) is 0 Å². The topological polar surface area (TPSA) is 3.24 Å². The molecule has 1 nitrogen and oxygen atoms in total. The van der Waals surface area contributed by atoms with E-state index in [4.69, 9.17) is 12.6 Å². The highest BCUT2D eigenvalue weighted by atomic mass is 32.1. The van der Waals surface area contributed by atoms with Gasteiger partial charge >= 0.3 is 0 Å². The molecule has 0 N–H and O–H groups in total. The lowest BCUT2D eigenvalue weighted by Crippen LogP contribution is -2.62. The van der Waals surface area contributed by atoms with Crippen molar-refractivity contribution >= 4 is 12.6 Å². The fraction of sp³-hybridized carbons (Fsp3) is 1.00. The minimum atomic E-state index is 0.0578. The van der Waals surface area contributed by atoms with Crippen molar-refractivity contribution in [3.05, 3.63) is 0 Å². The summed E-state index contributed by atoms with van der Waals surface area (Å²) in [6.07, 6.45) is 5.36. The van der Waals surface area contributed by atoms with E-state index in [9.17, 15) is 0 Å². The standard InChI is InChI=1S/C14H29NS/c1-6-8-11(3)9-13-12(7-2)10-15(13)14(4,5)16/h11-13,16H,6-10H2,1-5H3. The van der Waals surface area contributed by atoms with Gasteiger partial charge in [0.1, 0.15) is 0 Å². The maximum absolute atomic E-state index is 4.72. The van der Waals surface area contributed by atoms with Gasteiger partial charge in [0.2, 0.25) is 0 Å². The van der Waals surface area contributed by atoms with Crippen molar-refractivity contribution in [3.63, 3.8) is 0 Å². The van der Waals surface area contributed by atoms with E-state index in [-0.39, 0.29) is 4.87 Å². The zero-order chi connectivity index (χ0) is 12.3. The molecule has 1 fully saturated rings. The van der Waals surface area contributed by atoms with Crippen LogP contribution < -0.4 is 0 Å². The van der Waals surface area contributed by atoms with Gasteiger partial charge in [0, 0.05) is 12.6 Å². The minimum Gasteiger partial charge on any atom is -0.286 e. The van der Waals surface area contributed by atoms with E-state index in [2.05, 4.69) is 39.5 Å². The van der Waals surface area contributed by atoms with Crippen LogP contribution in [-0.2, 0) is 0 Å². The summed E-state index contributed by atoms with van der Waals surface area (Å²) in [4.78, 5) is 2.64. The van der Waals surface area contributed by atoms with Crippen molar-refractivity contribution in [2.24, 2.45) is 11.8 Å². The third-order valence-corrected chi connectivity index (χ3v) is 4.29. The van der Waals surface area contributed by atoms with Crippen LogP contribution in [0.4, 0.5) is 0 Å². The van der Waals surface area contributed by atoms with Crippen LogP contribution >= 0.6 is 12.6 Å². The van der Waals surface area contributed by atoms with Crippen LogP contribution in [0.2, 0.25) is 0 Å². The average molecular weight is 243 g/mol. The lowest BCUT2D eigenvalue weighted by atomic mass is 9.79. The Morgan fingerprint density at radius 3 is 2.44 bits per heavy atom. The zero-order valence-electron chi connectivity index (χ0n) is 11.7. The van der Waals surface area contributed by atoms with Crippen LogP contribution in [0.25, 0.3) is 0 Å². The molecule has 0 bridgehead atoms. The van der Waals surface area contributed by atoms with Gasteiger partial charge in [-0.1, -0.05) is 40.0 Å². The summed E-state index contributed by atoms with van der Waals surface area (Å²) in [6.45, 7) is 12.7. The van der Waals surface area contributed by atoms with Crippen LogP contribution in [0.3, 0.4) is 0 Å². The largest absolute Gasteiger partial charge is 0.286 e. The third-order valence-electron chi connectivity index (χ3n) is 4.03. The third kappa shape index (κ3) is 3.40. The summed E-state index contributed by atoms with van der Waals surface area (Å²) in [5, 5.41) is 0. The predicted molar refractivity (Wildman–Crippen MR) is 76.0 cm³/mol. The molecule has 0 aromatic rings.